The number of carbonyl (C=O) groups is 2. The fourth-order valence-corrected chi connectivity index (χ4v) is 2.22. The average molecular weight is 332 g/mol. The van der Waals surface area contributed by atoms with E-state index in [2.05, 4.69) is 5.32 Å². The summed E-state index contributed by atoms with van der Waals surface area (Å²) in [6.45, 7) is 3.94. The van der Waals surface area contributed by atoms with Crippen molar-refractivity contribution in [1.29, 1.82) is 0 Å². The van der Waals surface area contributed by atoms with Gasteiger partial charge in [0.25, 0.3) is 5.91 Å². The van der Waals surface area contributed by atoms with Gasteiger partial charge in [0.15, 0.2) is 6.10 Å². The van der Waals surface area contributed by atoms with Gasteiger partial charge in [-0.15, -0.1) is 11.8 Å². The minimum absolute atomic E-state index is 0.0286. The number of nitrogens with one attached hydrogen (secondary N) is 1. The van der Waals surface area contributed by atoms with E-state index in [9.17, 15) is 9.59 Å². The number of amides is 1. The molecule has 21 heavy (non-hydrogen) atoms. The monoisotopic (exact) mass is 331 g/mol. The van der Waals surface area contributed by atoms with E-state index in [4.69, 9.17) is 21.4 Å². The van der Waals surface area contributed by atoms with Crippen LogP contribution < -0.4 is 10.1 Å². The number of rotatable bonds is 8. The molecule has 0 aliphatic heterocycles. The normalized spacial score (nSPS) is 11.8. The smallest absolute Gasteiger partial charge is 0.313 e. The summed E-state index contributed by atoms with van der Waals surface area (Å²) in [5.74, 6) is -0.0864. The van der Waals surface area contributed by atoms with Gasteiger partial charge in [0.2, 0.25) is 0 Å². The van der Waals surface area contributed by atoms with E-state index in [0.29, 0.717) is 23.1 Å². The zero-order chi connectivity index (χ0) is 15.8. The fourth-order valence-electron chi connectivity index (χ4n) is 1.49. The maximum atomic E-state index is 11.8. The Kier molecular flexibility index (Phi) is 7.39. The zero-order valence-electron chi connectivity index (χ0n) is 11.9. The summed E-state index contributed by atoms with van der Waals surface area (Å²) in [4.78, 5) is 22.2. The first-order valence-corrected chi connectivity index (χ1v) is 7.93. The second-order valence-electron chi connectivity index (χ2n) is 4.43. The Hall–Kier alpha value is -1.40. The van der Waals surface area contributed by atoms with Crippen molar-refractivity contribution in [2.24, 2.45) is 0 Å². The van der Waals surface area contributed by atoms with Crippen LogP contribution in [0.4, 0.5) is 0 Å². The molecule has 0 aliphatic carbocycles. The first-order chi connectivity index (χ1) is 9.90. The number of carboxylic acids is 1. The molecule has 0 aromatic heterocycles. The van der Waals surface area contributed by atoms with E-state index >= 15 is 0 Å². The van der Waals surface area contributed by atoms with Gasteiger partial charge in [-0.1, -0.05) is 17.7 Å². The topological polar surface area (TPSA) is 75.6 Å². The molecule has 7 heteroatoms. The third-order valence-electron chi connectivity index (χ3n) is 2.53. The lowest BCUT2D eigenvalue weighted by Gasteiger charge is -2.16. The number of hydrogen-bond donors (Lipinski definition) is 2. The van der Waals surface area contributed by atoms with Gasteiger partial charge in [0, 0.05) is 12.3 Å². The summed E-state index contributed by atoms with van der Waals surface area (Å²) in [6, 6.07) is 5.35. The van der Waals surface area contributed by atoms with Crippen molar-refractivity contribution in [3.8, 4) is 5.75 Å². The van der Waals surface area contributed by atoms with Gasteiger partial charge in [-0.05, 0) is 31.5 Å². The number of halogens is 1. The van der Waals surface area contributed by atoms with Gasteiger partial charge in [-0.25, -0.2) is 0 Å². The molecule has 0 saturated heterocycles. The van der Waals surface area contributed by atoms with Gasteiger partial charge in [-0.2, -0.15) is 0 Å². The van der Waals surface area contributed by atoms with Gasteiger partial charge in [0.05, 0.1) is 10.8 Å². The van der Waals surface area contributed by atoms with E-state index in [1.807, 2.05) is 13.0 Å². The molecule has 5 nitrogen and oxygen atoms in total. The lowest BCUT2D eigenvalue weighted by atomic mass is 10.2. The Morgan fingerprint density at radius 2 is 2.19 bits per heavy atom. The molecule has 0 radical (unpaired) electrons. The molecule has 1 atom stereocenters. The van der Waals surface area contributed by atoms with Crippen LogP contribution in [-0.2, 0) is 9.59 Å². The standard InChI is InChI=1S/C14H18ClNO4S/c1-9-3-4-11(15)12(7-9)20-10(2)14(19)16-5-6-21-8-13(17)18/h3-4,7,10H,5-6,8H2,1-2H3,(H,16,19)(H,17,18)/t10-/m1/s1. The summed E-state index contributed by atoms with van der Waals surface area (Å²) >= 11 is 7.25. The largest absolute Gasteiger partial charge is 0.481 e. The SMILES string of the molecule is Cc1ccc(Cl)c(O[C@H](C)C(=O)NCCSCC(=O)O)c1. The number of carboxylic acid groups (broad SMARTS) is 1. The highest BCUT2D eigenvalue weighted by molar-refractivity contribution is 7.99. The van der Waals surface area contributed by atoms with E-state index in [0.717, 1.165) is 5.56 Å². The van der Waals surface area contributed by atoms with Gasteiger partial charge >= 0.3 is 5.97 Å². The van der Waals surface area contributed by atoms with Crippen LogP contribution >= 0.6 is 23.4 Å². The lowest BCUT2D eigenvalue weighted by Crippen LogP contribution is -2.37. The number of ether oxygens (including phenoxy) is 1. The van der Waals surface area contributed by atoms with Crippen molar-refractivity contribution in [3.63, 3.8) is 0 Å². The third-order valence-corrected chi connectivity index (χ3v) is 3.79. The number of carbonyl (C=O) groups excluding carboxylic acids is 1. The van der Waals surface area contributed by atoms with Crippen molar-refractivity contribution in [2.75, 3.05) is 18.1 Å². The van der Waals surface area contributed by atoms with Crippen LogP contribution in [0.25, 0.3) is 0 Å². The van der Waals surface area contributed by atoms with Crippen molar-refractivity contribution in [3.05, 3.63) is 28.8 Å². The first-order valence-electron chi connectivity index (χ1n) is 6.40. The number of aliphatic carboxylic acids is 1. The number of thioether (sulfide) groups is 1. The molecule has 0 heterocycles. The van der Waals surface area contributed by atoms with Crippen molar-refractivity contribution < 1.29 is 19.4 Å². The molecular weight excluding hydrogens is 314 g/mol. The Morgan fingerprint density at radius 3 is 2.86 bits per heavy atom. The van der Waals surface area contributed by atoms with Gasteiger partial charge < -0.3 is 15.2 Å². The lowest BCUT2D eigenvalue weighted by molar-refractivity contribution is -0.134. The van der Waals surface area contributed by atoms with Crippen molar-refractivity contribution in [1.82, 2.24) is 5.32 Å². The molecule has 0 bridgehead atoms. The Morgan fingerprint density at radius 1 is 1.48 bits per heavy atom. The van der Waals surface area contributed by atoms with Crippen LogP contribution in [0.15, 0.2) is 18.2 Å². The summed E-state index contributed by atoms with van der Waals surface area (Å²) in [7, 11) is 0. The highest BCUT2D eigenvalue weighted by Gasteiger charge is 2.15. The van der Waals surface area contributed by atoms with Crippen LogP contribution in [0, 0.1) is 6.92 Å². The minimum Gasteiger partial charge on any atom is -0.481 e. The maximum absolute atomic E-state index is 11.8. The second-order valence-corrected chi connectivity index (χ2v) is 5.94. The summed E-state index contributed by atoms with van der Waals surface area (Å²) < 4.78 is 5.54. The van der Waals surface area contributed by atoms with Crippen LogP contribution in [0.3, 0.4) is 0 Å². The van der Waals surface area contributed by atoms with E-state index in [-0.39, 0.29) is 11.7 Å². The fraction of sp³-hybridized carbons (Fsp3) is 0.429. The zero-order valence-corrected chi connectivity index (χ0v) is 13.5. The molecule has 0 spiro atoms. The minimum atomic E-state index is -0.864. The maximum Gasteiger partial charge on any atom is 0.313 e. The molecule has 1 rings (SSSR count). The summed E-state index contributed by atoms with van der Waals surface area (Å²) in [5.41, 5.74) is 0.993. The molecule has 0 saturated carbocycles. The quantitative estimate of drug-likeness (QED) is 0.715. The second kappa shape index (κ2) is 8.79. The van der Waals surface area contributed by atoms with E-state index < -0.39 is 12.1 Å². The van der Waals surface area contributed by atoms with Crippen LogP contribution in [0.5, 0.6) is 5.75 Å². The molecule has 2 N–H and O–H groups in total. The van der Waals surface area contributed by atoms with Crippen molar-refractivity contribution in [2.45, 2.75) is 20.0 Å². The van der Waals surface area contributed by atoms with Crippen LogP contribution in [0.2, 0.25) is 5.02 Å². The highest BCUT2D eigenvalue weighted by atomic mass is 35.5. The number of benzene rings is 1. The van der Waals surface area contributed by atoms with Crippen LogP contribution in [0.1, 0.15) is 12.5 Å². The Labute approximate surface area is 133 Å². The summed E-state index contributed by atoms with van der Waals surface area (Å²) in [5, 5.41) is 11.6. The van der Waals surface area contributed by atoms with Crippen molar-refractivity contribution >= 4 is 35.2 Å². The Balaban J connectivity index is 2.37. The number of aryl methyl sites for hydroxylation is 1. The molecular formula is C14H18ClNO4S. The highest BCUT2D eigenvalue weighted by Crippen LogP contribution is 2.26. The Bertz CT molecular complexity index is 510. The molecule has 0 aliphatic rings. The van der Waals surface area contributed by atoms with Crippen LogP contribution in [-0.4, -0.2) is 41.1 Å². The van der Waals surface area contributed by atoms with Gasteiger partial charge in [-0.3, -0.25) is 9.59 Å². The molecule has 1 aromatic carbocycles. The third kappa shape index (κ3) is 6.73. The molecule has 0 unspecified atom stereocenters. The predicted octanol–water partition coefficient (Wildman–Crippen LogP) is 2.35. The van der Waals surface area contributed by atoms with Gasteiger partial charge in [0.1, 0.15) is 5.75 Å². The van der Waals surface area contributed by atoms with E-state index in [1.165, 1.54) is 11.8 Å². The average Bonchev–Trinajstić information content (AvgIpc) is 2.41. The summed E-state index contributed by atoms with van der Waals surface area (Å²) in [6.07, 6.45) is -0.672. The van der Waals surface area contributed by atoms with E-state index in [1.54, 1.807) is 19.1 Å². The molecule has 1 aromatic rings. The molecule has 0 fully saturated rings. The molecule has 1 amide bonds. The molecule has 116 valence electrons. The predicted molar refractivity (Wildman–Crippen MR) is 84.2 cm³/mol. The number of hydrogen-bond acceptors (Lipinski definition) is 4. The first kappa shape index (κ1) is 17.7.